The van der Waals surface area contributed by atoms with Crippen LogP contribution in [0.3, 0.4) is 0 Å². The zero-order valence-electron chi connectivity index (χ0n) is 8.32. The van der Waals surface area contributed by atoms with Crippen molar-refractivity contribution in [3.05, 3.63) is 0 Å². The van der Waals surface area contributed by atoms with E-state index in [1.54, 1.807) is 0 Å². The molecule has 1 aliphatic carbocycles. The number of hydrogen-bond donors (Lipinski definition) is 0. The van der Waals surface area contributed by atoms with Crippen LogP contribution < -0.4 is 0 Å². The first-order valence-corrected chi connectivity index (χ1v) is 5.02. The fraction of sp³-hybridized carbons (Fsp3) is 1.00. The van der Waals surface area contributed by atoms with Crippen molar-refractivity contribution in [2.24, 2.45) is 11.8 Å². The summed E-state index contributed by atoms with van der Waals surface area (Å²) in [4.78, 5) is 0. The molecule has 0 bridgehead atoms. The van der Waals surface area contributed by atoms with E-state index in [0.717, 1.165) is 25.7 Å². The monoisotopic (exact) mass is 178 g/mol. The predicted octanol–water partition coefficient (Wildman–Crippen LogP) is 4.10. The second kappa shape index (κ2) is 6.38. The lowest BCUT2D eigenvalue weighted by molar-refractivity contribution is 0.0783. The van der Waals surface area contributed by atoms with Crippen LogP contribution in [0.1, 0.15) is 46.5 Å². The molecule has 74 valence electrons. The molecule has 1 fully saturated rings. The summed E-state index contributed by atoms with van der Waals surface area (Å²) in [6.07, 6.45) is 1.52. The van der Waals surface area contributed by atoms with Crippen LogP contribution in [0.4, 0.5) is 8.78 Å². The van der Waals surface area contributed by atoms with Gasteiger partial charge in [0.05, 0.1) is 0 Å². The fourth-order valence-corrected chi connectivity index (χ4v) is 1.71. The van der Waals surface area contributed by atoms with Gasteiger partial charge in [0, 0.05) is 5.92 Å². The van der Waals surface area contributed by atoms with Crippen molar-refractivity contribution < 1.29 is 8.78 Å². The van der Waals surface area contributed by atoms with Crippen LogP contribution in [0.5, 0.6) is 0 Å². The fourth-order valence-electron chi connectivity index (χ4n) is 1.71. The molecule has 0 nitrogen and oxygen atoms in total. The molecule has 1 rings (SSSR count). The molecule has 1 aliphatic rings. The van der Waals surface area contributed by atoms with Crippen molar-refractivity contribution in [2.75, 3.05) is 0 Å². The van der Waals surface area contributed by atoms with E-state index in [2.05, 4.69) is 6.92 Å². The molecule has 2 heteroatoms. The Labute approximate surface area is 74.4 Å². The van der Waals surface area contributed by atoms with Gasteiger partial charge in [-0.2, -0.15) is 0 Å². The summed E-state index contributed by atoms with van der Waals surface area (Å²) in [5, 5.41) is 0. The summed E-state index contributed by atoms with van der Waals surface area (Å²) in [6.45, 7) is 6.08. The van der Waals surface area contributed by atoms with Crippen LogP contribution >= 0.6 is 0 Å². The molecule has 0 aromatic rings. The zero-order valence-corrected chi connectivity index (χ0v) is 8.32. The molecule has 2 atom stereocenters. The van der Waals surface area contributed by atoms with Crippen LogP contribution in [-0.2, 0) is 0 Å². The lowest BCUT2D eigenvalue weighted by Gasteiger charge is -2.07. The zero-order chi connectivity index (χ0) is 9.56. The minimum atomic E-state index is -2.07. The first-order valence-electron chi connectivity index (χ1n) is 5.02. The third-order valence-corrected chi connectivity index (χ3v) is 2.52. The molecule has 0 amide bonds. The molecule has 0 aliphatic heterocycles. The summed E-state index contributed by atoms with van der Waals surface area (Å²) in [5.74, 6) is 0.295. The Bertz CT molecular complexity index is 102. The molecule has 1 saturated carbocycles. The molecular formula is C10H20F2. The highest BCUT2D eigenvalue weighted by molar-refractivity contribution is 4.75. The van der Waals surface area contributed by atoms with Gasteiger partial charge in [0.25, 0.3) is 0 Å². The maximum atomic E-state index is 12.0. The van der Waals surface area contributed by atoms with Gasteiger partial charge < -0.3 is 0 Å². The predicted molar refractivity (Wildman–Crippen MR) is 48.5 cm³/mol. The van der Waals surface area contributed by atoms with Gasteiger partial charge in [0.1, 0.15) is 0 Å². The summed E-state index contributed by atoms with van der Waals surface area (Å²) < 4.78 is 24.1. The van der Waals surface area contributed by atoms with E-state index < -0.39 is 6.43 Å². The average Bonchev–Trinajstić information content (AvgIpc) is 2.55. The van der Waals surface area contributed by atoms with E-state index in [9.17, 15) is 8.78 Å². The molecule has 0 N–H and O–H groups in total. The largest absolute Gasteiger partial charge is 0.241 e. The summed E-state index contributed by atoms with van der Waals surface area (Å²) in [7, 11) is 0. The normalized spacial score (nSPS) is 28.5. The lowest BCUT2D eigenvalue weighted by atomic mass is 10.0. The van der Waals surface area contributed by atoms with Crippen molar-refractivity contribution in [2.45, 2.75) is 52.9 Å². The molecule has 2 unspecified atom stereocenters. The van der Waals surface area contributed by atoms with Gasteiger partial charge in [0.2, 0.25) is 6.43 Å². The van der Waals surface area contributed by atoms with Gasteiger partial charge in [-0.25, -0.2) is 8.78 Å². The first-order chi connectivity index (χ1) is 5.74. The average molecular weight is 178 g/mol. The van der Waals surface area contributed by atoms with Crippen LogP contribution in [0, 0.1) is 11.8 Å². The standard InChI is InChI=1S/C8H14F2.C2H6/c1-2-6-3-4-7(5-6)8(9)10;1-2/h6-8H,2-5H2,1H3;1-2H3. The number of rotatable bonds is 2. The van der Waals surface area contributed by atoms with Gasteiger partial charge in [0.15, 0.2) is 0 Å². The highest BCUT2D eigenvalue weighted by Gasteiger charge is 2.29. The van der Waals surface area contributed by atoms with Crippen LogP contribution in [0.25, 0.3) is 0 Å². The highest BCUT2D eigenvalue weighted by atomic mass is 19.3. The maximum absolute atomic E-state index is 12.0. The molecular weight excluding hydrogens is 158 g/mol. The van der Waals surface area contributed by atoms with E-state index in [1.807, 2.05) is 13.8 Å². The van der Waals surface area contributed by atoms with Crippen molar-refractivity contribution in [1.82, 2.24) is 0 Å². The number of halogens is 2. The topological polar surface area (TPSA) is 0 Å². The lowest BCUT2D eigenvalue weighted by Crippen LogP contribution is -2.06. The van der Waals surface area contributed by atoms with Crippen LogP contribution in [-0.4, -0.2) is 6.43 Å². The number of alkyl halides is 2. The minimum absolute atomic E-state index is 0.287. The van der Waals surface area contributed by atoms with Gasteiger partial charge in [-0.3, -0.25) is 0 Å². The van der Waals surface area contributed by atoms with E-state index in [-0.39, 0.29) is 5.92 Å². The molecule has 0 radical (unpaired) electrons. The van der Waals surface area contributed by atoms with E-state index in [1.165, 1.54) is 0 Å². The van der Waals surface area contributed by atoms with Crippen molar-refractivity contribution in [1.29, 1.82) is 0 Å². The Morgan fingerprint density at radius 3 is 2.08 bits per heavy atom. The van der Waals surface area contributed by atoms with Crippen molar-refractivity contribution >= 4 is 0 Å². The summed E-state index contributed by atoms with van der Waals surface area (Å²) >= 11 is 0. The molecule has 0 saturated heterocycles. The van der Waals surface area contributed by atoms with E-state index in [0.29, 0.717) is 5.92 Å². The third-order valence-electron chi connectivity index (χ3n) is 2.52. The Kier molecular flexibility index (Phi) is 6.31. The summed E-state index contributed by atoms with van der Waals surface area (Å²) in [6, 6.07) is 0. The van der Waals surface area contributed by atoms with E-state index >= 15 is 0 Å². The first kappa shape index (κ1) is 11.9. The molecule has 12 heavy (non-hydrogen) atoms. The molecule has 0 spiro atoms. The Morgan fingerprint density at radius 1 is 1.25 bits per heavy atom. The van der Waals surface area contributed by atoms with Crippen molar-refractivity contribution in [3.8, 4) is 0 Å². The van der Waals surface area contributed by atoms with Crippen LogP contribution in [0.15, 0.2) is 0 Å². The Balaban J connectivity index is 0.000000561. The maximum Gasteiger partial charge on any atom is 0.241 e. The number of hydrogen-bond acceptors (Lipinski definition) is 0. The SMILES string of the molecule is CC.CCC1CCC(C(F)F)C1. The molecule has 0 aromatic heterocycles. The molecule has 0 aromatic carbocycles. The Morgan fingerprint density at radius 2 is 1.83 bits per heavy atom. The second-order valence-electron chi connectivity index (χ2n) is 3.18. The van der Waals surface area contributed by atoms with Crippen LogP contribution in [0.2, 0.25) is 0 Å². The smallest absolute Gasteiger partial charge is 0.210 e. The van der Waals surface area contributed by atoms with Gasteiger partial charge in [-0.15, -0.1) is 0 Å². The van der Waals surface area contributed by atoms with E-state index in [4.69, 9.17) is 0 Å². The van der Waals surface area contributed by atoms with Gasteiger partial charge in [-0.05, 0) is 25.2 Å². The van der Waals surface area contributed by atoms with Gasteiger partial charge >= 0.3 is 0 Å². The molecule has 0 heterocycles. The van der Waals surface area contributed by atoms with Crippen molar-refractivity contribution in [3.63, 3.8) is 0 Å². The summed E-state index contributed by atoms with van der Waals surface area (Å²) in [5.41, 5.74) is 0. The quantitative estimate of drug-likeness (QED) is 0.597. The highest BCUT2D eigenvalue weighted by Crippen LogP contribution is 2.36. The minimum Gasteiger partial charge on any atom is -0.210 e. The Hall–Kier alpha value is -0.140. The van der Waals surface area contributed by atoms with Gasteiger partial charge in [-0.1, -0.05) is 27.2 Å². The second-order valence-corrected chi connectivity index (χ2v) is 3.18. The third kappa shape index (κ3) is 3.51.